The molecule has 0 aromatic carbocycles. The average Bonchev–Trinajstić information content (AvgIpc) is 3.02. The quantitative estimate of drug-likeness (QED) is 0.322. The van der Waals surface area contributed by atoms with Crippen LogP contribution >= 0.6 is 0 Å². The van der Waals surface area contributed by atoms with Gasteiger partial charge in [0.15, 0.2) is 12.1 Å². The van der Waals surface area contributed by atoms with Crippen LogP contribution in [-0.4, -0.2) is 72.1 Å². The van der Waals surface area contributed by atoms with Crippen LogP contribution in [0.3, 0.4) is 0 Å². The Bertz CT molecular complexity index is 619. The summed E-state index contributed by atoms with van der Waals surface area (Å²) in [7, 11) is 0. The summed E-state index contributed by atoms with van der Waals surface area (Å²) in [5, 5.41) is 14.6. The molecule has 30 heavy (non-hydrogen) atoms. The van der Waals surface area contributed by atoms with Crippen LogP contribution in [0.2, 0.25) is 0 Å². The normalized spacial score (nSPS) is 29.9. The lowest BCUT2D eigenvalue weighted by Gasteiger charge is -2.26. The minimum absolute atomic E-state index is 0.127. The number of amides is 1. The number of aliphatic hydroxyl groups is 1. The number of rotatable bonds is 7. The monoisotopic (exact) mass is 433 g/mol. The van der Waals surface area contributed by atoms with Crippen LogP contribution in [0.25, 0.3) is 0 Å². The van der Waals surface area contributed by atoms with E-state index >= 15 is 0 Å². The Morgan fingerprint density at radius 3 is 2.33 bits per heavy atom. The van der Waals surface area contributed by atoms with Gasteiger partial charge in [-0.3, -0.25) is 11.1 Å². The molecule has 2 fully saturated rings. The fourth-order valence-electron chi connectivity index (χ4n) is 3.30. The Labute approximate surface area is 176 Å². The maximum absolute atomic E-state index is 12.6. The molecule has 1 amide bonds. The lowest BCUT2D eigenvalue weighted by molar-refractivity contribution is -0.199. The van der Waals surface area contributed by atoms with Crippen molar-refractivity contribution in [1.82, 2.24) is 10.6 Å². The van der Waals surface area contributed by atoms with Crippen molar-refractivity contribution in [3.8, 4) is 0 Å². The topological polar surface area (TPSA) is 151 Å². The molecule has 2 rings (SSSR count). The molecular weight excluding hydrogens is 398 g/mol. The molecular formula is C19H35N3O8. The molecule has 1 unspecified atom stereocenters. The molecule has 2 aliphatic heterocycles. The minimum atomic E-state index is -1.31. The van der Waals surface area contributed by atoms with Crippen LogP contribution < -0.4 is 16.4 Å². The zero-order chi connectivity index (χ0) is 22.9. The highest BCUT2D eigenvalue weighted by molar-refractivity contribution is 5.81. The Kier molecular flexibility index (Phi) is 7.70. The molecule has 11 heteroatoms. The second-order valence-corrected chi connectivity index (χ2v) is 9.27. The van der Waals surface area contributed by atoms with Crippen LogP contribution in [0.1, 0.15) is 48.5 Å². The minimum Gasteiger partial charge on any atom is -0.461 e. The Balaban J connectivity index is 1.98. The first-order chi connectivity index (χ1) is 13.7. The van der Waals surface area contributed by atoms with E-state index < -0.39 is 60.4 Å². The van der Waals surface area contributed by atoms with E-state index in [9.17, 15) is 14.7 Å². The summed E-state index contributed by atoms with van der Waals surface area (Å²) >= 11 is 0. The van der Waals surface area contributed by atoms with Gasteiger partial charge in [0.05, 0.1) is 0 Å². The van der Waals surface area contributed by atoms with Crippen molar-refractivity contribution < 1.29 is 38.4 Å². The van der Waals surface area contributed by atoms with Crippen molar-refractivity contribution in [2.45, 2.75) is 96.8 Å². The number of fused-ring (bicyclic) bond motifs is 1. The molecule has 0 radical (unpaired) electrons. The number of hydrogen-bond donors (Lipinski definition) is 4. The fourth-order valence-corrected chi connectivity index (χ4v) is 3.30. The van der Waals surface area contributed by atoms with Gasteiger partial charge in [-0.15, -0.1) is 0 Å². The number of nitrogens with one attached hydrogen (secondary N) is 2. The van der Waals surface area contributed by atoms with Gasteiger partial charge in [0.25, 0.3) is 0 Å². The Morgan fingerprint density at radius 1 is 1.20 bits per heavy atom. The van der Waals surface area contributed by atoms with Gasteiger partial charge in [-0.1, -0.05) is 13.8 Å². The summed E-state index contributed by atoms with van der Waals surface area (Å²) in [5.41, 5.74) is 4.69. The molecule has 0 aromatic rings. The van der Waals surface area contributed by atoms with Gasteiger partial charge in [0, 0.05) is 0 Å². The third-order valence-corrected chi connectivity index (χ3v) is 4.47. The number of esters is 1. The van der Waals surface area contributed by atoms with Crippen LogP contribution in [0.4, 0.5) is 4.79 Å². The van der Waals surface area contributed by atoms with E-state index in [2.05, 4.69) is 10.6 Å². The third kappa shape index (κ3) is 6.76. The zero-order valence-electron chi connectivity index (χ0n) is 18.6. The largest absolute Gasteiger partial charge is 0.461 e. The van der Waals surface area contributed by atoms with Gasteiger partial charge in [-0.25, -0.2) is 9.59 Å². The molecule has 2 aliphatic rings. The van der Waals surface area contributed by atoms with E-state index in [1.165, 1.54) is 0 Å². The summed E-state index contributed by atoms with van der Waals surface area (Å²) in [4.78, 5) is 24.7. The highest BCUT2D eigenvalue weighted by atomic mass is 16.8. The summed E-state index contributed by atoms with van der Waals surface area (Å²) in [6.07, 6.45) is -4.46. The van der Waals surface area contributed by atoms with E-state index in [1.54, 1.807) is 48.5 Å². The molecule has 2 heterocycles. The molecule has 2 saturated heterocycles. The van der Waals surface area contributed by atoms with E-state index in [1.807, 2.05) is 0 Å². The third-order valence-electron chi connectivity index (χ3n) is 4.47. The van der Waals surface area contributed by atoms with Crippen molar-refractivity contribution >= 4 is 12.1 Å². The van der Waals surface area contributed by atoms with Crippen LogP contribution in [0.5, 0.6) is 0 Å². The predicted octanol–water partition coefficient (Wildman–Crippen LogP) is 0.148. The van der Waals surface area contributed by atoms with Crippen LogP contribution in [0, 0.1) is 5.92 Å². The Hall–Kier alpha value is -1.50. The number of ether oxygens (including phenoxy) is 5. The van der Waals surface area contributed by atoms with Crippen LogP contribution in [0.15, 0.2) is 0 Å². The van der Waals surface area contributed by atoms with E-state index in [-0.39, 0.29) is 12.5 Å². The number of nitrogens with two attached hydrogens (primary N) is 1. The fraction of sp³-hybridized carbons (Fsp3) is 0.895. The number of alkyl carbamates (subject to hydrolysis) is 1. The zero-order valence-corrected chi connectivity index (χ0v) is 18.6. The van der Waals surface area contributed by atoms with E-state index in [0.717, 1.165) is 0 Å². The first kappa shape index (κ1) is 24.8. The van der Waals surface area contributed by atoms with E-state index in [4.69, 9.17) is 29.4 Å². The number of hydrogen-bond acceptors (Lipinski definition) is 10. The standard InChI is InChI=1S/C19H35N3O8/c1-9(2)11(21-17(25)30-18(3,4)5)15(23)26-8-10-12-13(29-19(6,7)28-12)14(27-10)22-16(20)24/h9-14,16,22,24H,8,20H2,1-7H3,(H,21,25)/t10-,11+,12-,13-,14-,16?/m1/s1. The second kappa shape index (κ2) is 9.33. The first-order valence-electron chi connectivity index (χ1n) is 10.1. The van der Waals surface area contributed by atoms with E-state index in [0.29, 0.717) is 0 Å². The molecule has 0 aliphatic carbocycles. The Morgan fingerprint density at radius 2 is 1.80 bits per heavy atom. The molecule has 6 atom stereocenters. The predicted molar refractivity (Wildman–Crippen MR) is 105 cm³/mol. The molecule has 5 N–H and O–H groups in total. The molecule has 11 nitrogen and oxygen atoms in total. The second-order valence-electron chi connectivity index (χ2n) is 9.27. The van der Waals surface area contributed by atoms with Crippen molar-refractivity contribution in [2.24, 2.45) is 11.7 Å². The van der Waals surface area contributed by atoms with Crippen molar-refractivity contribution in [3.05, 3.63) is 0 Å². The SMILES string of the molecule is CC(C)[C@H](NC(=O)OC(C)(C)C)C(=O)OC[C@H]1O[C@@H](NC(N)O)[C@@H]2OC(C)(C)O[C@@H]21. The molecule has 0 bridgehead atoms. The lowest BCUT2D eigenvalue weighted by atomic mass is 10.1. The number of aliphatic hydroxyl groups excluding tert-OH is 1. The summed E-state index contributed by atoms with van der Waals surface area (Å²) in [6.45, 7) is 12.1. The van der Waals surface area contributed by atoms with Crippen molar-refractivity contribution in [1.29, 1.82) is 0 Å². The van der Waals surface area contributed by atoms with Gasteiger partial charge in [0.1, 0.15) is 42.8 Å². The molecule has 0 aromatic heterocycles. The van der Waals surface area contributed by atoms with Gasteiger partial charge in [-0.2, -0.15) is 0 Å². The smallest absolute Gasteiger partial charge is 0.408 e. The van der Waals surface area contributed by atoms with Gasteiger partial charge in [0.2, 0.25) is 0 Å². The maximum atomic E-state index is 12.6. The maximum Gasteiger partial charge on any atom is 0.408 e. The van der Waals surface area contributed by atoms with Gasteiger partial charge in [-0.05, 0) is 40.5 Å². The molecule has 0 spiro atoms. The van der Waals surface area contributed by atoms with Gasteiger partial charge < -0.3 is 34.1 Å². The molecule has 0 saturated carbocycles. The summed E-state index contributed by atoms with van der Waals surface area (Å²) in [6, 6.07) is -0.894. The van der Waals surface area contributed by atoms with Crippen molar-refractivity contribution in [2.75, 3.05) is 6.61 Å². The molecule has 174 valence electrons. The summed E-state index contributed by atoms with van der Waals surface area (Å²) < 4.78 is 28.1. The highest BCUT2D eigenvalue weighted by Crippen LogP contribution is 2.38. The summed E-state index contributed by atoms with van der Waals surface area (Å²) in [5.74, 6) is -1.71. The average molecular weight is 434 g/mol. The lowest BCUT2D eigenvalue weighted by Crippen LogP contribution is -2.49. The van der Waals surface area contributed by atoms with Crippen LogP contribution in [-0.2, 0) is 28.5 Å². The number of carbonyl (C=O) groups excluding carboxylic acids is 2. The van der Waals surface area contributed by atoms with Gasteiger partial charge >= 0.3 is 12.1 Å². The first-order valence-corrected chi connectivity index (χ1v) is 10.1. The highest BCUT2D eigenvalue weighted by Gasteiger charge is 2.55. The number of carbonyl (C=O) groups is 2. The van der Waals surface area contributed by atoms with Crippen molar-refractivity contribution in [3.63, 3.8) is 0 Å².